The van der Waals surface area contributed by atoms with E-state index in [1.165, 1.54) is 7.11 Å². The SMILES string of the molecule is CCCCC(=O)N(C(=O)OC)C1=Nc2ccccc2NS1. The Morgan fingerprint density at radius 1 is 1.38 bits per heavy atom. The molecule has 112 valence electrons. The Hall–Kier alpha value is -2.02. The number of hydrogen-bond acceptors (Lipinski definition) is 6. The molecule has 1 aromatic rings. The minimum absolute atomic E-state index is 0.279. The number of methoxy groups -OCH3 is 1. The minimum Gasteiger partial charge on any atom is -0.452 e. The number of rotatable bonds is 3. The zero-order chi connectivity index (χ0) is 15.2. The summed E-state index contributed by atoms with van der Waals surface area (Å²) >= 11 is 1.12. The average Bonchev–Trinajstić information content (AvgIpc) is 2.52. The molecule has 0 aliphatic carbocycles. The molecule has 0 unspecified atom stereocenters. The molecule has 1 aliphatic heterocycles. The molecule has 0 saturated carbocycles. The maximum atomic E-state index is 12.2. The topological polar surface area (TPSA) is 71.0 Å². The first-order valence-electron chi connectivity index (χ1n) is 6.68. The summed E-state index contributed by atoms with van der Waals surface area (Å²) in [6.45, 7) is 1.99. The van der Waals surface area contributed by atoms with Crippen LogP contribution in [0.25, 0.3) is 0 Å². The molecule has 1 aliphatic rings. The summed E-state index contributed by atoms with van der Waals surface area (Å²) in [6, 6.07) is 7.43. The number of amides is 2. The summed E-state index contributed by atoms with van der Waals surface area (Å²) in [5, 5.41) is 0.279. The van der Waals surface area contributed by atoms with Crippen molar-refractivity contribution >= 4 is 40.5 Å². The monoisotopic (exact) mass is 307 g/mol. The molecule has 1 N–H and O–H groups in total. The molecule has 0 spiro atoms. The van der Waals surface area contributed by atoms with Crippen LogP contribution in [0.15, 0.2) is 29.3 Å². The molecule has 0 aromatic heterocycles. The molecule has 21 heavy (non-hydrogen) atoms. The summed E-state index contributed by atoms with van der Waals surface area (Å²) in [4.78, 5) is 29.5. The van der Waals surface area contributed by atoms with Gasteiger partial charge in [-0.15, -0.1) is 0 Å². The van der Waals surface area contributed by atoms with Gasteiger partial charge in [0.25, 0.3) is 0 Å². The van der Waals surface area contributed by atoms with Gasteiger partial charge in [-0.05, 0) is 18.6 Å². The van der Waals surface area contributed by atoms with E-state index in [1.807, 2.05) is 31.2 Å². The second-order valence-corrected chi connectivity index (χ2v) is 5.19. The molecule has 0 fully saturated rings. The Kier molecular flexibility index (Phi) is 5.21. The van der Waals surface area contributed by atoms with Gasteiger partial charge in [-0.3, -0.25) is 4.79 Å². The summed E-state index contributed by atoms with van der Waals surface area (Å²) in [6.07, 6.45) is 1.16. The summed E-state index contributed by atoms with van der Waals surface area (Å²) in [5.41, 5.74) is 1.53. The first kappa shape index (κ1) is 15.4. The second kappa shape index (κ2) is 7.12. The van der Waals surface area contributed by atoms with Crippen LogP contribution in [0.5, 0.6) is 0 Å². The van der Waals surface area contributed by atoms with Crippen LogP contribution in [-0.2, 0) is 9.53 Å². The van der Waals surface area contributed by atoms with E-state index in [0.29, 0.717) is 12.1 Å². The molecule has 6 nitrogen and oxygen atoms in total. The highest BCUT2D eigenvalue weighted by Gasteiger charge is 2.29. The third-order valence-electron chi connectivity index (χ3n) is 2.91. The number of fused-ring (bicyclic) bond motifs is 1. The fraction of sp³-hybridized carbons (Fsp3) is 0.357. The van der Waals surface area contributed by atoms with E-state index in [2.05, 4.69) is 9.71 Å². The van der Waals surface area contributed by atoms with E-state index in [0.717, 1.165) is 29.0 Å². The summed E-state index contributed by atoms with van der Waals surface area (Å²) in [5.74, 6) is -0.309. The second-order valence-electron chi connectivity index (χ2n) is 4.42. The van der Waals surface area contributed by atoms with Crippen molar-refractivity contribution in [3.63, 3.8) is 0 Å². The van der Waals surface area contributed by atoms with Crippen LogP contribution >= 0.6 is 11.9 Å². The fourth-order valence-electron chi connectivity index (χ4n) is 1.80. The third kappa shape index (κ3) is 3.55. The molecule has 0 bridgehead atoms. The van der Waals surface area contributed by atoms with Gasteiger partial charge in [-0.1, -0.05) is 25.5 Å². The molecular formula is C14H17N3O3S. The lowest BCUT2D eigenvalue weighted by molar-refractivity contribution is -0.126. The Balaban J connectivity index is 2.28. The number of imide groups is 1. The fourth-order valence-corrected chi connectivity index (χ4v) is 2.58. The van der Waals surface area contributed by atoms with Crippen LogP contribution in [0.3, 0.4) is 0 Å². The maximum absolute atomic E-state index is 12.2. The van der Waals surface area contributed by atoms with Gasteiger partial charge >= 0.3 is 6.09 Å². The quantitative estimate of drug-likeness (QED) is 0.865. The number of nitrogens with one attached hydrogen (secondary N) is 1. The minimum atomic E-state index is -0.719. The smallest absolute Gasteiger partial charge is 0.422 e. The van der Waals surface area contributed by atoms with Crippen LogP contribution < -0.4 is 4.72 Å². The van der Waals surface area contributed by atoms with Gasteiger partial charge in [0, 0.05) is 18.4 Å². The molecular weight excluding hydrogens is 290 g/mol. The van der Waals surface area contributed by atoms with Gasteiger partial charge in [-0.2, -0.15) is 4.90 Å². The van der Waals surface area contributed by atoms with E-state index in [9.17, 15) is 9.59 Å². The van der Waals surface area contributed by atoms with Crippen LogP contribution in [0.1, 0.15) is 26.2 Å². The zero-order valence-corrected chi connectivity index (χ0v) is 12.8. The first-order valence-corrected chi connectivity index (χ1v) is 7.50. The first-order chi connectivity index (χ1) is 10.2. The van der Waals surface area contributed by atoms with E-state index in [4.69, 9.17) is 4.74 Å². The van der Waals surface area contributed by atoms with Gasteiger partial charge in [0.05, 0.1) is 18.5 Å². The van der Waals surface area contributed by atoms with E-state index in [1.54, 1.807) is 0 Å². The van der Waals surface area contributed by atoms with Crippen LogP contribution in [-0.4, -0.2) is 29.2 Å². The van der Waals surface area contributed by atoms with Crippen molar-refractivity contribution in [2.24, 2.45) is 4.99 Å². The molecule has 1 aromatic carbocycles. The third-order valence-corrected chi connectivity index (χ3v) is 3.69. The molecule has 0 radical (unpaired) electrons. The van der Waals surface area contributed by atoms with Crippen molar-refractivity contribution in [1.82, 2.24) is 4.90 Å². The van der Waals surface area contributed by atoms with Crippen LogP contribution in [0.2, 0.25) is 0 Å². The molecule has 7 heteroatoms. The van der Waals surface area contributed by atoms with Crippen molar-refractivity contribution in [3.8, 4) is 0 Å². The highest BCUT2D eigenvalue weighted by molar-refractivity contribution is 8.15. The van der Waals surface area contributed by atoms with Crippen molar-refractivity contribution in [1.29, 1.82) is 0 Å². The number of para-hydroxylation sites is 2. The van der Waals surface area contributed by atoms with Gasteiger partial charge in [-0.25, -0.2) is 9.79 Å². The lowest BCUT2D eigenvalue weighted by Crippen LogP contribution is -2.41. The Morgan fingerprint density at radius 2 is 2.14 bits per heavy atom. The number of aliphatic imine (C=N–C) groups is 1. The predicted octanol–water partition coefficient (Wildman–Crippen LogP) is 3.53. The lowest BCUT2D eigenvalue weighted by Gasteiger charge is -2.24. The number of anilines is 1. The number of carbonyl (C=O) groups excluding carboxylic acids is 2. The molecule has 0 atom stereocenters. The largest absolute Gasteiger partial charge is 0.452 e. The molecule has 2 rings (SSSR count). The predicted molar refractivity (Wildman–Crippen MR) is 83.5 cm³/mol. The van der Waals surface area contributed by atoms with E-state index >= 15 is 0 Å². The Bertz CT molecular complexity index is 574. The molecule has 1 heterocycles. The highest BCUT2D eigenvalue weighted by atomic mass is 32.2. The lowest BCUT2D eigenvalue weighted by atomic mass is 10.2. The standard InChI is InChI=1S/C14H17N3O3S/c1-3-4-9-12(18)17(14(19)20-2)13-15-10-7-5-6-8-11(10)16-21-13/h5-8,16H,3-4,9H2,1-2H3. The van der Waals surface area contributed by atoms with Gasteiger partial charge in [0.1, 0.15) is 0 Å². The van der Waals surface area contributed by atoms with E-state index in [-0.39, 0.29) is 17.5 Å². The number of amidine groups is 1. The van der Waals surface area contributed by atoms with Crippen LogP contribution in [0, 0.1) is 0 Å². The number of hydrogen-bond donors (Lipinski definition) is 1. The normalized spacial score (nSPS) is 12.8. The number of carbonyl (C=O) groups is 2. The van der Waals surface area contributed by atoms with Gasteiger partial charge in [0.2, 0.25) is 11.1 Å². The number of ether oxygens (including phenoxy) is 1. The molecule has 0 saturated heterocycles. The van der Waals surface area contributed by atoms with Crippen molar-refractivity contribution in [2.75, 3.05) is 11.8 Å². The summed E-state index contributed by atoms with van der Waals surface area (Å²) in [7, 11) is 1.25. The summed E-state index contributed by atoms with van der Waals surface area (Å²) < 4.78 is 7.77. The average molecular weight is 307 g/mol. The van der Waals surface area contributed by atoms with E-state index < -0.39 is 6.09 Å². The van der Waals surface area contributed by atoms with Crippen molar-refractivity contribution in [2.45, 2.75) is 26.2 Å². The number of unbranched alkanes of at least 4 members (excludes halogenated alkanes) is 1. The number of benzene rings is 1. The Morgan fingerprint density at radius 3 is 2.86 bits per heavy atom. The van der Waals surface area contributed by atoms with Gasteiger partial charge < -0.3 is 9.46 Å². The number of nitrogens with zero attached hydrogens (tertiary/aromatic N) is 2. The zero-order valence-electron chi connectivity index (χ0n) is 12.0. The van der Waals surface area contributed by atoms with Crippen molar-refractivity contribution < 1.29 is 14.3 Å². The van der Waals surface area contributed by atoms with Crippen molar-refractivity contribution in [3.05, 3.63) is 24.3 Å². The highest BCUT2D eigenvalue weighted by Crippen LogP contribution is 2.33. The maximum Gasteiger partial charge on any atom is 0.422 e. The van der Waals surface area contributed by atoms with Gasteiger partial charge in [0.15, 0.2) is 0 Å². The Labute approximate surface area is 127 Å². The molecule has 2 amide bonds. The van der Waals surface area contributed by atoms with Crippen LogP contribution in [0.4, 0.5) is 16.2 Å².